The number of aliphatic hydroxyl groups is 1. The number of hydrogen-bond acceptors (Lipinski definition) is 13. The summed E-state index contributed by atoms with van der Waals surface area (Å²) in [7, 11) is 6.18. The Balaban J connectivity index is 1.19. The van der Waals surface area contributed by atoms with Crippen LogP contribution >= 0.6 is 11.8 Å². The first-order chi connectivity index (χ1) is 33.6. The molecule has 15 heteroatoms. The third kappa shape index (κ3) is 6.83. The summed E-state index contributed by atoms with van der Waals surface area (Å²) in [6.45, 7) is 10.9. The van der Waals surface area contributed by atoms with Crippen LogP contribution in [0.3, 0.4) is 0 Å². The number of hydrogen-bond donors (Lipinski definition) is 3. The minimum atomic E-state index is -2.33. The molecule has 1 aliphatic carbocycles. The van der Waals surface area contributed by atoms with Crippen molar-refractivity contribution in [3.8, 4) is 5.75 Å². The minimum absolute atomic E-state index is 0.123. The second kappa shape index (κ2) is 17.7. The zero-order valence-electron chi connectivity index (χ0n) is 41.7. The lowest BCUT2D eigenvalue weighted by molar-refractivity contribution is -0.228. The second-order valence-corrected chi connectivity index (χ2v) is 22.0. The number of nitrogens with zero attached hydrogens (tertiary/aromatic N) is 3. The maximum absolute atomic E-state index is 15.7. The van der Waals surface area contributed by atoms with Gasteiger partial charge in [0.1, 0.15) is 11.2 Å². The molecule has 3 aromatic carbocycles. The number of thioether (sulfide) groups is 1. The summed E-state index contributed by atoms with van der Waals surface area (Å²) >= 11 is 1.74. The van der Waals surface area contributed by atoms with E-state index in [1.165, 1.54) is 21.1 Å². The number of rotatable bonds is 11. The number of anilines is 1. The number of aromatic amines is 1. The molecule has 3 N–H and O–H groups in total. The Labute approximate surface area is 414 Å². The van der Waals surface area contributed by atoms with Gasteiger partial charge in [-0.05, 0) is 104 Å². The maximum Gasteiger partial charge on any atom is 0.344 e. The monoisotopic (exact) mass is 973 g/mol. The number of likely N-dealkylation sites (N-methyl/N-ethyl adjacent to an activating group) is 1. The van der Waals surface area contributed by atoms with Crippen LogP contribution in [0.1, 0.15) is 92.5 Å². The van der Waals surface area contributed by atoms with E-state index in [1.807, 2.05) is 67.4 Å². The molecule has 6 aliphatic rings. The van der Waals surface area contributed by atoms with Crippen molar-refractivity contribution in [1.82, 2.24) is 20.1 Å². The molecule has 0 radical (unpaired) electrons. The summed E-state index contributed by atoms with van der Waals surface area (Å²) in [6, 6.07) is 18.8. The number of ether oxygens (including phenoxy) is 4. The van der Waals surface area contributed by atoms with Crippen molar-refractivity contribution in [1.29, 1.82) is 0 Å². The summed E-state index contributed by atoms with van der Waals surface area (Å²) in [5, 5.41) is 18.0. The molecule has 2 saturated heterocycles. The van der Waals surface area contributed by atoms with Crippen molar-refractivity contribution in [2.24, 2.45) is 11.3 Å². The molecule has 6 heterocycles. The smallest absolute Gasteiger partial charge is 0.344 e. The van der Waals surface area contributed by atoms with Gasteiger partial charge in [-0.2, -0.15) is 0 Å². The number of H-pyrrole nitrogens is 1. The standard InChI is InChI=1S/C55H67N5O9S/c1-9-51(57-45(62)35-17-19-36(20-18-35)70-11-3)29-34-30-54(49(63)67-7,44-38(21-25-59(31-34)32-51)37-15-12-13-16-41(37)56-44)40-27-39-42(28-43(40)66-6)58(5)47-53(39)23-26-60-24-14-22-52(10-2,46(53)60)48(69-33(4)61)55(47,65)50(64)68-8/h12-20,22,27-28,34,46-48,56,65H,9-11,21,23-26,29-32H2,1-8H3,(H,57,62)/t34-,46+,47-,48-,51+,52-,53-,54+,55+/m1/s1. The van der Waals surface area contributed by atoms with E-state index in [-0.39, 0.29) is 17.9 Å². The lowest BCUT2D eigenvalue weighted by atomic mass is 9.47. The van der Waals surface area contributed by atoms with Crippen molar-refractivity contribution >= 4 is 52.2 Å². The van der Waals surface area contributed by atoms with E-state index in [9.17, 15) is 19.5 Å². The van der Waals surface area contributed by atoms with Crippen molar-refractivity contribution < 1.29 is 43.2 Å². The lowest BCUT2D eigenvalue weighted by Gasteiger charge is -2.63. The van der Waals surface area contributed by atoms with E-state index in [4.69, 9.17) is 18.9 Å². The molecule has 4 aromatic rings. The van der Waals surface area contributed by atoms with E-state index < -0.39 is 57.4 Å². The molecular formula is C55H67N5O9S. The number of benzene rings is 3. The minimum Gasteiger partial charge on any atom is -0.496 e. The summed E-state index contributed by atoms with van der Waals surface area (Å²) in [4.78, 5) is 69.5. The van der Waals surface area contributed by atoms with Gasteiger partial charge >= 0.3 is 17.9 Å². The fourth-order valence-corrected chi connectivity index (χ4v) is 15.6. The van der Waals surface area contributed by atoms with Gasteiger partial charge in [-0.1, -0.05) is 51.1 Å². The van der Waals surface area contributed by atoms with E-state index >= 15 is 4.79 Å². The van der Waals surface area contributed by atoms with E-state index in [1.54, 1.807) is 18.9 Å². The van der Waals surface area contributed by atoms with Crippen LogP contribution in [0.15, 0.2) is 77.7 Å². The van der Waals surface area contributed by atoms with Crippen LogP contribution in [-0.2, 0) is 45.8 Å². The van der Waals surface area contributed by atoms with Crippen LogP contribution in [0.2, 0.25) is 0 Å². The van der Waals surface area contributed by atoms with Crippen LogP contribution < -0.4 is 15.0 Å². The summed E-state index contributed by atoms with van der Waals surface area (Å²) in [5.74, 6) is -0.805. The first-order valence-electron chi connectivity index (χ1n) is 25.0. The molecule has 372 valence electrons. The van der Waals surface area contributed by atoms with Gasteiger partial charge in [-0.25, -0.2) is 4.79 Å². The highest BCUT2D eigenvalue weighted by Crippen LogP contribution is 2.68. The summed E-state index contributed by atoms with van der Waals surface area (Å²) < 4.78 is 24.3. The van der Waals surface area contributed by atoms with Gasteiger partial charge < -0.3 is 44.2 Å². The molecule has 3 fully saturated rings. The second-order valence-electron chi connectivity index (χ2n) is 20.7. The molecule has 70 heavy (non-hydrogen) atoms. The first-order valence-corrected chi connectivity index (χ1v) is 26.0. The van der Waals surface area contributed by atoms with Gasteiger partial charge in [0, 0.05) is 101 Å². The Morgan fingerprint density at radius 3 is 2.36 bits per heavy atom. The SMILES string of the molecule is CCSc1ccc(C(=O)N[C@@]2(CC)C[C@H]3CN(CCc4c([nH]c5ccccc45)[C@@](C(=O)OC)(c4cc5c(cc4OC)N(C)[C@H]4[C@@](O)(C(=O)OC)[C@H](OC(C)=O)[C@]6(CC)C=CCN7CC[C@]54[C@@H]76)C3)C2)cc1. The predicted octanol–water partition coefficient (Wildman–Crippen LogP) is 6.54. The normalized spacial score (nSPS) is 32.9. The lowest BCUT2D eigenvalue weighted by Crippen LogP contribution is -2.81. The molecule has 5 aliphatic heterocycles. The zero-order valence-corrected chi connectivity index (χ0v) is 42.5. The van der Waals surface area contributed by atoms with Gasteiger partial charge in [0.15, 0.2) is 6.10 Å². The molecule has 14 nitrogen and oxygen atoms in total. The number of carbonyl (C=O) groups excluding carboxylic acids is 4. The quantitative estimate of drug-likeness (QED) is 0.0644. The van der Waals surface area contributed by atoms with Crippen LogP contribution in [0.5, 0.6) is 5.75 Å². The Kier molecular flexibility index (Phi) is 12.2. The van der Waals surface area contributed by atoms with Crippen molar-refractivity contribution in [3.05, 3.63) is 101 Å². The number of nitrogens with one attached hydrogen (secondary N) is 2. The van der Waals surface area contributed by atoms with Gasteiger partial charge in [-0.15, -0.1) is 11.8 Å². The average Bonchev–Trinajstić information content (AvgIpc) is 4.03. The molecular weight excluding hydrogens is 907 g/mol. The summed E-state index contributed by atoms with van der Waals surface area (Å²) in [5.41, 5.74) is -0.907. The molecule has 1 saturated carbocycles. The van der Waals surface area contributed by atoms with Crippen LogP contribution in [0, 0.1) is 11.3 Å². The number of piperidine rings is 1. The van der Waals surface area contributed by atoms with Crippen molar-refractivity contribution in [3.63, 3.8) is 0 Å². The highest BCUT2D eigenvalue weighted by atomic mass is 32.2. The molecule has 10 rings (SSSR count). The highest BCUT2D eigenvalue weighted by Gasteiger charge is 2.80. The van der Waals surface area contributed by atoms with Gasteiger partial charge in [-0.3, -0.25) is 19.3 Å². The number of fused-ring (bicyclic) bond motifs is 6. The maximum atomic E-state index is 15.7. The van der Waals surface area contributed by atoms with Crippen molar-refractivity contribution in [2.45, 2.75) is 111 Å². The topological polar surface area (TPSA) is 163 Å². The summed E-state index contributed by atoms with van der Waals surface area (Å²) in [6.07, 6.45) is 6.04. The Bertz CT molecular complexity index is 2780. The van der Waals surface area contributed by atoms with Gasteiger partial charge in [0.05, 0.1) is 32.9 Å². The number of aromatic nitrogens is 1. The van der Waals surface area contributed by atoms with Crippen LogP contribution in [-0.4, -0.2) is 140 Å². The average molecular weight is 974 g/mol. The molecule has 1 aromatic heterocycles. The number of methoxy groups -OCH3 is 3. The highest BCUT2D eigenvalue weighted by molar-refractivity contribution is 7.99. The van der Waals surface area contributed by atoms with Gasteiger partial charge in [0.25, 0.3) is 5.91 Å². The van der Waals surface area contributed by atoms with E-state index in [0.717, 1.165) is 44.1 Å². The van der Waals surface area contributed by atoms with Crippen molar-refractivity contribution in [2.75, 3.05) is 71.8 Å². The molecule has 10 atom stereocenters. The number of carbonyl (C=O) groups is 4. The first kappa shape index (κ1) is 48.3. The Morgan fingerprint density at radius 2 is 1.67 bits per heavy atom. The molecule has 1 spiro atoms. The van der Waals surface area contributed by atoms with E-state index in [0.29, 0.717) is 88.1 Å². The van der Waals surface area contributed by atoms with Gasteiger partial charge in [0.2, 0.25) is 5.60 Å². The van der Waals surface area contributed by atoms with E-state index in [2.05, 4.69) is 58.2 Å². The fourth-order valence-electron chi connectivity index (χ4n) is 14.9. The third-order valence-corrected chi connectivity index (χ3v) is 18.3. The Hall–Kier alpha value is -5.35. The van der Waals surface area contributed by atoms with Crippen LogP contribution in [0.4, 0.5) is 5.69 Å². The third-order valence-electron chi connectivity index (χ3n) is 17.4. The molecule has 1 amide bonds. The number of para-hydroxylation sites is 1. The Morgan fingerprint density at radius 1 is 0.914 bits per heavy atom. The molecule has 1 unspecified atom stereocenters. The van der Waals surface area contributed by atoms with Crippen LogP contribution in [0.25, 0.3) is 10.9 Å². The zero-order chi connectivity index (χ0) is 49.5. The number of amides is 1. The number of esters is 3. The molecule has 2 bridgehead atoms. The predicted molar refractivity (Wildman–Crippen MR) is 269 cm³/mol. The largest absolute Gasteiger partial charge is 0.496 e. The fraction of sp³-hybridized carbons (Fsp3) is 0.527.